The highest BCUT2D eigenvalue weighted by Gasteiger charge is 2.15. The number of halogens is 1. The Hall–Kier alpha value is -2.07. The normalized spacial score (nSPS) is 15.7. The van der Waals surface area contributed by atoms with Crippen molar-refractivity contribution in [2.24, 2.45) is 5.92 Å². The molecular weight excluding hydrogens is 322 g/mol. The zero-order valence-corrected chi connectivity index (χ0v) is 14.2. The van der Waals surface area contributed by atoms with Crippen LogP contribution in [0.4, 0.5) is 0 Å². The first kappa shape index (κ1) is 15.5. The fourth-order valence-corrected chi connectivity index (χ4v) is 3.53. The number of ether oxygens (including phenoxy) is 1. The van der Waals surface area contributed by atoms with Gasteiger partial charge in [-0.15, -0.1) is 5.10 Å². The third-order valence-corrected chi connectivity index (χ3v) is 4.88. The average Bonchev–Trinajstić information content (AvgIpc) is 3.04. The highest BCUT2D eigenvalue weighted by atomic mass is 35.5. The summed E-state index contributed by atoms with van der Waals surface area (Å²) in [7, 11) is 0. The maximum atomic E-state index is 6.11. The Morgan fingerprint density at radius 1 is 1.12 bits per heavy atom. The van der Waals surface area contributed by atoms with Crippen LogP contribution in [-0.4, -0.2) is 21.2 Å². The first-order chi connectivity index (χ1) is 11.8. The second-order valence-corrected chi connectivity index (χ2v) is 6.85. The smallest absolute Gasteiger partial charge is 0.231 e. The summed E-state index contributed by atoms with van der Waals surface area (Å²) < 4.78 is 7.77. The van der Waals surface area contributed by atoms with Gasteiger partial charge in [0.05, 0.1) is 18.5 Å². The summed E-state index contributed by atoms with van der Waals surface area (Å²) in [5.74, 6) is 1.31. The molecule has 4 nitrogen and oxygen atoms in total. The molecule has 1 saturated carbocycles. The minimum absolute atomic E-state index is 0.648. The molecule has 24 heavy (non-hydrogen) atoms. The number of hydrogen-bond donors (Lipinski definition) is 0. The summed E-state index contributed by atoms with van der Waals surface area (Å²) in [5.41, 5.74) is 2.71. The minimum Gasteiger partial charge on any atom is -0.476 e. The number of rotatable bonds is 4. The molecule has 2 aromatic heterocycles. The Bertz CT molecular complexity index is 839. The van der Waals surface area contributed by atoms with Crippen LogP contribution in [0.2, 0.25) is 5.02 Å². The topological polar surface area (TPSA) is 39.4 Å². The van der Waals surface area contributed by atoms with E-state index in [0.717, 1.165) is 23.5 Å². The van der Waals surface area contributed by atoms with Crippen molar-refractivity contribution in [2.75, 3.05) is 6.61 Å². The maximum Gasteiger partial charge on any atom is 0.231 e. The van der Waals surface area contributed by atoms with Crippen molar-refractivity contribution in [1.82, 2.24) is 14.6 Å². The number of imidazole rings is 1. The molecule has 2 heterocycles. The molecule has 0 bridgehead atoms. The van der Waals surface area contributed by atoms with Gasteiger partial charge in [-0.2, -0.15) is 0 Å². The molecule has 0 amide bonds. The Labute approximate surface area is 146 Å². The van der Waals surface area contributed by atoms with Crippen molar-refractivity contribution in [3.63, 3.8) is 0 Å². The molecule has 0 radical (unpaired) electrons. The summed E-state index contributed by atoms with van der Waals surface area (Å²) in [6.45, 7) is 0.750. The molecule has 124 valence electrons. The number of nitrogens with zero attached hydrogens (tertiary/aromatic N) is 3. The molecule has 4 rings (SSSR count). The van der Waals surface area contributed by atoms with Crippen LogP contribution in [0, 0.1) is 5.92 Å². The van der Waals surface area contributed by atoms with Crippen molar-refractivity contribution in [3.8, 4) is 17.1 Å². The zero-order chi connectivity index (χ0) is 16.4. The lowest BCUT2D eigenvalue weighted by molar-refractivity contribution is 0.201. The van der Waals surface area contributed by atoms with Crippen LogP contribution in [0.3, 0.4) is 0 Å². The van der Waals surface area contributed by atoms with Crippen molar-refractivity contribution < 1.29 is 4.74 Å². The predicted molar refractivity (Wildman–Crippen MR) is 95.5 cm³/mol. The van der Waals surface area contributed by atoms with Crippen molar-refractivity contribution in [3.05, 3.63) is 47.6 Å². The largest absolute Gasteiger partial charge is 0.476 e. The van der Waals surface area contributed by atoms with Crippen LogP contribution in [-0.2, 0) is 0 Å². The predicted octanol–water partition coefficient (Wildman–Crippen LogP) is 5.01. The standard InChI is InChI=1S/C19H20ClN3O/c20-16-8-4-7-15(11-16)17-12-21-18-9-10-19(22-23(17)18)24-13-14-5-2-1-3-6-14/h4,7-12,14H,1-3,5-6,13H2. The second-order valence-electron chi connectivity index (χ2n) is 6.41. The van der Waals surface area contributed by atoms with E-state index in [1.807, 2.05) is 47.1 Å². The number of fused-ring (bicyclic) bond motifs is 1. The molecule has 5 heteroatoms. The third kappa shape index (κ3) is 3.24. The van der Waals surface area contributed by atoms with Gasteiger partial charge in [-0.1, -0.05) is 43.0 Å². The molecule has 1 aliphatic rings. The van der Waals surface area contributed by atoms with E-state index in [2.05, 4.69) is 10.1 Å². The quantitative estimate of drug-likeness (QED) is 0.669. The van der Waals surface area contributed by atoms with Crippen LogP contribution in [0.15, 0.2) is 42.6 Å². The van der Waals surface area contributed by atoms with Gasteiger partial charge in [-0.3, -0.25) is 0 Å². The fraction of sp³-hybridized carbons (Fsp3) is 0.368. The van der Waals surface area contributed by atoms with E-state index in [1.165, 1.54) is 32.1 Å². The minimum atomic E-state index is 0.648. The summed E-state index contributed by atoms with van der Waals surface area (Å²) in [4.78, 5) is 4.42. The average molecular weight is 342 g/mol. The highest BCUT2D eigenvalue weighted by molar-refractivity contribution is 6.30. The number of aromatic nitrogens is 3. The van der Waals surface area contributed by atoms with E-state index in [0.29, 0.717) is 16.8 Å². The highest BCUT2D eigenvalue weighted by Crippen LogP contribution is 2.26. The first-order valence-electron chi connectivity index (χ1n) is 8.53. The van der Waals surface area contributed by atoms with Gasteiger partial charge in [-0.25, -0.2) is 9.50 Å². The summed E-state index contributed by atoms with van der Waals surface area (Å²) in [5, 5.41) is 5.32. The lowest BCUT2D eigenvalue weighted by Crippen LogP contribution is -2.16. The molecule has 1 fully saturated rings. The molecule has 0 spiro atoms. The van der Waals surface area contributed by atoms with E-state index in [4.69, 9.17) is 16.3 Å². The number of benzene rings is 1. The van der Waals surface area contributed by atoms with Crippen LogP contribution in [0.1, 0.15) is 32.1 Å². The maximum absolute atomic E-state index is 6.11. The first-order valence-corrected chi connectivity index (χ1v) is 8.91. The second kappa shape index (κ2) is 6.81. The monoisotopic (exact) mass is 341 g/mol. The Morgan fingerprint density at radius 2 is 2.00 bits per heavy atom. The SMILES string of the molecule is Clc1cccc(-c2cnc3ccc(OCC4CCCCC4)nn23)c1. The van der Waals surface area contributed by atoms with Crippen LogP contribution >= 0.6 is 11.6 Å². The molecule has 1 aromatic carbocycles. The van der Waals surface area contributed by atoms with Gasteiger partial charge in [0.2, 0.25) is 5.88 Å². The lowest BCUT2D eigenvalue weighted by Gasteiger charge is -2.21. The number of hydrogen-bond acceptors (Lipinski definition) is 3. The van der Waals surface area contributed by atoms with Crippen molar-refractivity contribution in [2.45, 2.75) is 32.1 Å². The Kier molecular flexibility index (Phi) is 4.39. The Morgan fingerprint density at radius 3 is 2.83 bits per heavy atom. The van der Waals surface area contributed by atoms with E-state index in [-0.39, 0.29) is 0 Å². The van der Waals surface area contributed by atoms with E-state index < -0.39 is 0 Å². The molecule has 0 atom stereocenters. The van der Waals surface area contributed by atoms with E-state index in [1.54, 1.807) is 0 Å². The molecule has 0 aliphatic heterocycles. The van der Waals surface area contributed by atoms with Gasteiger partial charge in [0.25, 0.3) is 0 Å². The van der Waals surface area contributed by atoms with Crippen molar-refractivity contribution >= 4 is 17.2 Å². The molecule has 0 N–H and O–H groups in total. The van der Waals surface area contributed by atoms with E-state index >= 15 is 0 Å². The van der Waals surface area contributed by atoms with E-state index in [9.17, 15) is 0 Å². The van der Waals surface area contributed by atoms with Gasteiger partial charge in [0.1, 0.15) is 0 Å². The molecular formula is C19H20ClN3O. The summed E-state index contributed by atoms with van der Waals surface area (Å²) in [6, 6.07) is 11.6. The molecule has 0 unspecified atom stereocenters. The van der Waals surface area contributed by atoms with Crippen molar-refractivity contribution in [1.29, 1.82) is 0 Å². The zero-order valence-electron chi connectivity index (χ0n) is 13.5. The molecule has 0 saturated heterocycles. The third-order valence-electron chi connectivity index (χ3n) is 4.65. The molecule has 3 aromatic rings. The van der Waals surface area contributed by atoms with Crippen LogP contribution < -0.4 is 4.74 Å². The van der Waals surface area contributed by atoms with Crippen LogP contribution in [0.25, 0.3) is 16.9 Å². The molecule has 1 aliphatic carbocycles. The van der Waals surface area contributed by atoms with Gasteiger partial charge in [0, 0.05) is 16.7 Å². The van der Waals surface area contributed by atoms with Gasteiger partial charge < -0.3 is 4.74 Å². The fourth-order valence-electron chi connectivity index (χ4n) is 3.34. The van der Waals surface area contributed by atoms with Crippen LogP contribution in [0.5, 0.6) is 5.88 Å². The van der Waals surface area contributed by atoms with Gasteiger partial charge in [0.15, 0.2) is 5.65 Å². The van der Waals surface area contributed by atoms with Gasteiger partial charge >= 0.3 is 0 Å². The lowest BCUT2D eigenvalue weighted by atomic mass is 9.90. The Balaban J connectivity index is 1.58. The summed E-state index contributed by atoms with van der Waals surface area (Å²) >= 11 is 6.11. The summed E-state index contributed by atoms with van der Waals surface area (Å²) in [6.07, 6.45) is 8.35. The van der Waals surface area contributed by atoms with Gasteiger partial charge in [-0.05, 0) is 37.0 Å².